The fraction of sp³-hybridized carbons (Fsp3) is 0.722. The molecular formula is C18H33N2+. The number of rotatable bonds is 11. The molecule has 0 aromatic carbocycles. The lowest BCUT2D eigenvalue weighted by atomic mass is 10.1. The van der Waals surface area contributed by atoms with E-state index in [0.29, 0.717) is 0 Å². The molecule has 0 amide bonds. The fourth-order valence-corrected chi connectivity index (χ4v) is 2.63. The van der Waals surface area contributed by atoms with Gasteiger partial charge >= 0.3 is 0 Å². The maximum Gasteiger partial charge on any atom is 0.272 e. The highest BCUT2D eigenvalue weighted by Gasteiger charge is 2.03. The monoisotopic (exact) mass is 277 g/mol. The van der Waals surface area contributed by atoms with Crippen molar-refractivity contribution in [2.45, 2.75) is 84.6 Å². The largest absolute Gasteiger partial charge is 0.287 e. The number of anilines is 1. The van der Waals surface area contributed by atoms with E-state index in [1.165, 1.54) is 69.8 Å². The number of aryl methyl sites for hydroxylation is 2. The lowest BCUT2D eigenvalue weighted by molar-refractivity contribution is -0.683. The Morgan fingerprint density at radius 1 is 0.900 bits per heavy atom. The summed E-state index contributed by atoms with van der Waals surface area (Å²) in [6.45, 7) is 5.42. The van der Waals surface area contributed by atoms with Crippen LogP contribution in [0.1, 0.15) is 76.7 Å². The zero-order valence-corrected chi connectivity index (χ0v) is 13.5. The van der Waals surface area contributed by atoms with Crippen molar-refractivity contribution in [2.24, 2.45) is 0 Å². The van der Waals surface area contributed by atoms with Gasteiger partial charge < -0.3 is 0 Å². The van der Waals surface area contributed by atoms with Gasteiger partial charge in [0, 0.05) is 6.07 Å². The molecular weight excluding hydrogens is 244 g/mol. The number of hydrogen-bond acceptors (Lipinski definition) is 1. The third-order valence-electron chi connectivity index (χ3n) is 3.98. The molecule has 0 aliphatic rings. The number of nitrogens with two attached hydrogens (primary N) is 1. The van der Waals surface area contributed by atoms with Crippen LogP contribution in [0.2, 0.25) is 0 Å². The minimum atomic E-state index is 0.890. The molecule has 1 aromatic heterocycles. The second kappa shape index (κ2) is 10.7. The summed E-state index contributed by atoms with van der Waals surface area (Å²) in [6, 6.07) is 4.18. The molecule has 0 saturated carbocycles. The third kappa shape index (κ3) is 7.52. The van der Waals surface area contributed by atoms with E-state index < -0.39 is 0 Å². The van der Waals surface area contributed by atoms with E-state index in [-0.39, 0.29) is 0 Å². The molecule has 20 heavy (non-hydrogen) atoms. The lowest BCUT2D eigenvalue weighted by Gasteiger charge is -2.04. The Hall–Kier alpha value is -1.05. The van der Waals surface area contributed by atoms with Crippen LogP contribution in [-0.4, -0.2) is 0 Å². The first-order valence-electron chi connectivity index (χ1n) is 8.49. The lowest BCUT2D eigenvalue weighted by Crippen LogP contribution is -2.36. The predicted molar refractivity (Wildman–Crippen MR) is 87.6 cm³/mol. The van der Waals surface area contributed by atoms with Crippen LogP contribution < -0.4 is 10.3 Å². The minimum Gasteiger partial charge on any atom is -0.287 e. The van der Waals surface area contributed by atoms with Crippen molar-refractivity contribution in [3.63, 3.8) is 0 Å². The van der Waals surface area contributed by atoms with Crippen molar-refractivity contribution in [2.75, 3.05) is 5.73 Å². The van der Waals surface area contributed by atoms with Crippen molar-refractivity contribution in [3.05, 3.63) is 23.9 Å². The van der Waals surface area contributed by atoms with Gasteiger partial charge in [-0.2, -0.15) is 0 Å². The summed E-state index contributed by atoms with van der Waals surface area (Å²) in [6.07, 6.45) is 15.9. The summed E-state index contributed by atoms with van der Waals surface area (Å²) >= 11 is 0. The Balaban J connectivity index is 1.97. The molecule has 0 radical (unpaired) electrons. The van der Waals surface area contributed by atoms with Gasteiger partial charge in [0.2, 0.25) is 0 Å². The van der Waals surface area contributed by atoms with E-state index in [4.69, 9.17) is 5.73 Å². The number of aromatic nitrogens is 1. The van der Waals surface area contributed by atoms with Crippen molar-refractivity contribution in [1.82, 2.24) is 0 Å². The maximum atomic E-state index is 6.00. The molecule has 0 saturated heterocycles. The topological polar surface area (TPSA) is 29.9 Å². The van der Waals surface area contributed by atoms with Crippen LogP contribution in [0.3, 0.4) is 0 Å². The molecule has 0 unspecified atom stereocenters. The second-order valence-corrected chi connectivity index (χ2v) is 6.00. The molecule has 2 N–H and O–H groups in total. The van der Waals surface area contributed by atoms with Crippen LogP contribution in [0.4, 0.5) is 5.82 Å². The van der Waals surface area contributed by atoms with Crippen LogP contribution in [0.15, 0.2) is 18.3 Å². The van der Waals surface area contributed by atoms with Crippen LogP contribution in [0.5, 0.6) is 0 Å². The zero-order chi connectivity index (χ0) is 14.6. The second-order valence-electron chi connectivity index (χ2n) is 6.00. The quantitative estimate of drug-likeness (QED) is 0.457. The number of unbranched alkanes of at least 4 members (excludes halogenated alkanes) is 9. The summed E-state index contributed by atoms with van der Waals surface area (Å²) < 4.78 is 2.16. The molecule has 2 nitrogen and oxygen atoms in total. The minimum absolute atomic E-state index is 0.890. The van der Waals surface area contributed by atoms with E-state index in [1.54, 1.807) is 0 Å². The molecule has 2 heteroatoms. The van der Waals surface area contributed by atoms with E-state index in [0.717, 1.165) is 12.4 Å². The number of pyridine rings is 1. The Kier molecular flexibility index (Phi) is 9.10. The molecule has 0 fully saturated rings. The summed E-state index contributed by atoms with van der Waals surface area (Å²) in [4.78, 5) is 0. The smallest absolute Gasteiger partial charge is 0.272 e. The summed E-state index contributed by atoms with van der Waals surface area (Å²) in [7, 11) is 0. The molecule has 114 valence electrons. The zero-order valence-electron chi connectivity index (χ0n) is 13.5. The Morgan fingerprint density at radius 3 is 2.00 bits per heavy atom. The molecule has 0 aliphatic heterocycles. The van der Waals surface area contributed by atoms with Crippen LogP contribution in [0.25, 0.3) is 0 Å². The van der Waals surface area contributed by atoms with Crippen LogP contribution >= 0.6 is 0 Å². The maximum absolute atomic E-state index is 6.00. The predicted octanol–water partition coefficient (Wildman–Crippen LogP) is 4.79. The van der Waals surface area contributed by atoms with Gasteiger partial charge in [0.15, 0.2) is 0 Å². The average molecular weight is 277 g/mol. The molecule has 0 aliphatic carbocycles. The molecule has 1 aromatic rings. The van der Waals surface area contributed by atoms with E-state index in [2.05, 4.69) is 36.7 Å². The van der Waals surface area contributed by atoms with Gasteiger partial charge in [0.1, 0.15) is 0 Å². The van der Waals surface area contributed by atoms with Crippen molar-refractivity contribution in [3.8, 4) is 0 Å². The third-order valence-corrected chi connectivity index (χ3v) is 3.98. The SMILES string of the molecule is CCCCCCCCCCCC[n+]1ccc(C)cc1N. The van der Waals surface area contributed by atoms with Gasteiger partial charge in [-0.3, -0.25) is 5.73 Å². The van der Waals surface area contributed by atoms with Crippen LogP contribution in [-0.2, 0) is 6.54 Å². The van der Waals surface area contributed by atoms with E-state index >= 15 is 0 Å². The Morgan fingerprint density at radius 2 is 1.45 bits per heavy atom. The molecule has 0 spiro atoms. The fourth-order valence-electron chi connectivity index (χ4n) is 2.63. The Bertz CT molecular complexity index is 360. The average Bonchev–Trinajstić information content (AvgIpc) is 2.43. The highest BCUT2D eigenvalue weighted by Crippen LogP contribution is 2.10. The summed E-state index contributed by atoms with van der Waals surface area (Å²) in [5.74, 6) is 0.890. The number of nitrogen functional groups attached to an aromatic ring is 1. The standard InChI is InChI=1S/C18H32N2/c1-3-4-5-6-7-8-9-10-11-12-14-20-15-13-17(2)16-18(20)19/h13,15-16,19H,3-12,14H2,1-2H3/p+1. The molecule has 0 bridgehead atoms. The van der Waals surface area contributed by atoms with Gasteiger partial charge in [-0.1, -0.05) is 58.3 Å². The number of hydrogen-bond donors (Lipinski definition) is 1. The molecule has 1 heterocycles. The highest BCUT2D eigenvalue weighted by molar-refractivity contribution is 5.25. The first-order valence-corrected chi connectivity index (χ1v) is 8.49. The normalized spacial score (nSPS) is 10.9. The van der Waals surface area contributed by atoms with E-state index in [9.17, 15) is 0 Å². The van der Waals surface area contributed by atoms with Gasteiger partial charge in [-0.25, -0.2) is 4.57 Å². The van der Waals surface area contributed by atoms with Crippen molar-refractivity contribution < 1.29 is 4.57 Å². The summed E-state index contributed by atoms with van der Waals surface area (Å²) in [5, 5.41) is 0. The van der Waals surface area contributed by atoms with Gasteiger partial charge in [0.25, 0.3) is 5.82 Å². The van der Waals surface area contributed by atoms with Crippen molar-refractivity contribution >= 4 is 5.82 Å². The van der Waals surface area contributed by atoms with E-state index in [1.807, 2.05) is 0 Å². The number of nitrogens with zero attached hydrogens (tertiary/aromatic N) is 1. The van der Waals surface area contributed by atoms with Gasteiger partial charge in [-0.15, -0.1) is 0 Å². The van der Waals surface area contributed by atoms with Gasteiger partial charge in [0.05, 0.1) is 12.7 Å². The first kappa shape index (κ1) is 17.0. The summed E-state index contributed by atoms with van der Waals surface area (Å²) in [5.41, 5.74) is 7.24. The van der Waals surface area contributed by atoms with Crippen LogP contribution in [0, 0.1) is 6.92 Å². The van der Waals surface area contributed by atoms with Gasteiger partial charge in [-0.05, 0) is 31.4 Å². The highest BCUT2D eigenvalue weighted by atomic mass is 15.0. The molecule has 0 atom stereocenters. The first-order chi connectivity index (χ1) is 9.74. The molecule has 1 rings (SSSR count). The Labute approximate surface area is 125 Å². The van der Waals surface area contributed by atoms with Crippen molar-refractivity contribution in [1.29, 1.82) is 0 Å².